The van der Waals surface area contributed by atoms with Crippen LogP contribution in [-0.2, 0) is 4.79 Å². The van der Waals surface area contributed by atoms with E-state index in [0.29, 0.717) is 36.8 Å². The smallest absolute Gasteiger partial charge is 0.255 e. The number of amides is 2. The third-order valence-corrected chi connectivity index (χ3v) is 4.47. The minimum atomic E-state index is -0.194. The molecule has 1 aliphatic heterocycles. The normalized spacial score (nSPS) is 14.3. The summed E-state index contributed by atoms with van der Waals surface area (Å²) in [6.45, 7) is 4.61. The number of carbonyl (C=O) groups is 2. The van der Waals surface area contributed by atoms with Crippen molar-refractivity contribution in [2.24, 2.45) is 0 Å². The summed E-state index contributed by atoms with van der Waals surface area (Å²) in [5, 5.41) is 3.54. The number of nitrogens with zero attached hydrogens (tertiary/aromatic N) is 3. The van der Waals surface area contributed by atoms with Crippen LogP contribution in [0.25, 0.3) is 0 Å². The fourth-order valence-corrected chi connectivity index (χ4v) is 2.98. The van der Waals surface area contributed by atoms with Crippen LogP contribution in [0.4, 0.5) is 11.5 Å². The Morgan fingerprint density at radius 3 is 2.64 bits per heavy atom. The molecule has 1 aromatic carbocycles. The molecule has 1 aliphatic rings. The van der Waals surface area contributed by atoms with E-state index < -0.39 is 0 Å². The van der Waals surface area contributed by atoms with E-state index in [4.69, 9.17) is 11.6 Å². The highest BCUT2D eigenvalue weighted by Crippen LogP contribution is 2.21. The number of carbonyl (C=O) groups excluding carboxylic acids is 2. The highest BCUT2D eigenvalue weighted by atomic mass is 35.5. The number of pyridine rings is 1. The molecule has 0 aliphatic carbocycles. The highest BCUT2D eigenvalue weighted by molar-refractivity contribution is 6.30. The third kappa shape index (κ3) is 4.09. The number of aromatic nitrogens is 1. The van der Waals surface area contributed by atoms with Crippen LogP contribution >= 0.6 is 11.6 Å². The molecule has 7 heteroatoms. The first-order valence-corrected chi connectivity index (χ1v) is 8.42. The molecule has 1 aromatic heterocycles. The molecular weight excluding hydrogens is 340 g/mol. The topological polar surface area (TPSA) is 65.5 Å². The molecule has 2 heterocycles. The summed E-state index contributed by atoms with van der Waals surface area (Å²) < 4.78 is 0. The SMILES string of the molecule is Cc1cc(Cl)ccc1NC(=O)c1ccnc(N2CCN(C=O)CC2)c1. The van der Waals surface area contributed by atoms with Crippen LogP contribution < -0.4 is 10.2 Å². The molecule has 1 fully saturated rings. The zero-order chi connectivity index (χ0) is 17.8. The number of nitrogens with one attached hydrogen (secondary N) is 1. The fourth-order valence-electron chi connectivity index (χ4n) is 2.75. The van der Waals surface area contributed by atoms with E-state index >= 15 is 0 Å². The summed E-state index contributed by atoms with van der Waals surface area (Å²) in [4.78, 5) is 31.5. The average molecular weight is 359 g/mol. The van der Waals surface area contributed by atoms with Gasteiger partial charge in [-0.25, -0.2) is 4.98 Å². The number of benzene rings is 1. The van der Waals surface area contributed by atoms with Gasteiger partial charge in [0, 0.05) is 48.6 Å². The Labute approximate surface area is 151 Å². The maximum Gasteiger partial charge on any atom is 0.255 e. The number of aryl methyl sites for hydroxylation is 1. The van der Waals surface area contributed by atoms with Crippen molar-refractivity contribution in [2.45, 2.75) is 6.92 Å². The second-order valence-corrected chi connectivity index (χ2v) is 6.38. The molecule has 130 valence electrons. The molecule has 0 radical (unpaired) electrons. The van der Waals surface area contributed by atoms with Gasteiger partial charge in [0.2, 0.25) is 6.41 Å². The maximum atomic E-state index is 12.5. The molecule has 2 aromatic rings. The van der Waals surface area contributed by atoms with Gasteiger partial charge in [-0.2, -0.15) is 0 Å². The minimum Gasteiger partial charge on any atom is -0.353 e. The van der Waals surface area contributed by atoms with E-state index in [1.807, 2.05) is 13.0 Å². The number of hydrogen-bond acceptors (Lipinski definition) is 4. The van der Waals surface area contributed by atoms with Crippen molar-refractivity contribution in [1.29, 1.82) is 0 Å². The molecule has 0 bridgehead atoms. The second kappa shape index (κ2) is 7.53. The van der Waals surface area contributed by atoms with Crippen LogP contribution in [0, 0.1) is 6.92 Å². The lowest BCUT2D eigenvalue weighted by Gasteiger charge is -2.33. The lowest BCUT2D eigenvalue weighted by molar-refractivity contribution is -0.118. The van der Waals surface area contributed by atoms with Crippen molar-refractivity contribution < 1.29 is 9.59 Å². The lowest BCUT2D eigenvalue weighted by atomic mass is 10.1. The molecule has 0 saturated carbocycles. The first kappa shape index (κ1) is 17.2. The zero-order valence-electron chi connectivity index (χ0n) is 13.9. The molecule has 2 amide bonds. The zero-order valence-corrected chi connectivity index (χ0v) is 14.7. The average Bonchev–Trinajstić information content (AvgIpc) is 2.64. The Bertz CT molecular complexity index is 788. The largest absolute Gasteiger partial charge is 0.353 e. The highest BCUT2D eigenvalue weighted by Gasteiger charge is 2.18. The molecule has 0 unspecified atom stereocenters. The first-order chi connectivity index (χ1) is 12.1. The quantitative estimate of drug-likeness (QED) is 0.853. The first-order valence-electron chi connectivity index (χ1n) is 8.04. The van der Waals surface area contributed by atoms with Crippen LogP contribution in [0.5, 0.6) is 0 Å². The molecule has 0 spiro atoms. The van der Waals surface area contributed by atoms with Crippen LogP contribution in [0.15, 0.2) is 36.5 Å². The van der Waals surface area contributed by atoms with Crippen LogP contribution in [0.3, 0.4) is 0 Å². The van der Waals surface area contributed by atoms with Gasteiger partial charge in [0.1, 0.15) is 5.82 Å². The molecule has 1 saturated heterocycles. The van der Waals surface area contributed by atoms with E-state index in [1.54, 1.807) is 35.4 Å². The van der Waals surface area contributed by atoms with Crippen LogP contribution in [0.2, 0.25) is 5.02 Å². The van der Waals surface area contributed by atoms with Crippen molar-refractivity contribution in [3.8, 4) is 0 Å². The predicted molar refractivity (Wildman–Crippen MR) is 98.2 cm³/mol. The van der Waals surface area contributed by atoms with Crippen LogP contribution in [-0.4, -0.2) is 48.4 Å². The van der Waals surface area contributed by atoms with Crippen molar-refractivity contribution in [3.63, 3.8) is 0 Å². The summed E-state index contributed by atoms with van der Waals surface area (Å²) in [6, 6.07) is 8.80. The number of anilines is 2. The Kier molecular flexibility index (Phi) is 5.19. The van der Waals surface area contributed by atoms with E-state index in [9.17, 15) is 9.59 Å². The summed E-state index contributed by atoms with van der Waals surface area (Å²) in [6.07, 6.45) is 2.49. The van der Waals surface area contributed by atoms with Crippen molar-refractivity contribution in [1.82, 2.24) is 9.88 Å². The van der Waals surface area contributed by atoms with E-state index in [1.165, 1.54) is 0 Å². The second-order valence-electron chi connectivity index (χ2n) is 5.94. The van der Waals surface area contributed by atoms with Crippen molar-refractivity contribution >= 4 is 35.4 Å². The molecule has 25 heavy (non-hydrogen) atoms. The summed E-state index contributed by atoms with van der Waals surface area (Å²) in [7, 11) is 0. The summed E-state index contributed by atoms with van der Waals surface area (Å²) >= 11 is 5.95. The van der Waals surface area contributed by atoms with Crippen LogP contribution in [0.1, 0.15) is 15.9 Å². The number of piperazine rings is 1. The monoisotopic (exact) mass is 358 g/mol. The molecule has 0 atom stereocenters. The lowest BCUT2D eigenvalue weighted by Crippen LogP contribution is -2.46. The van der Waals surface area contributed by atoms with Gasteiger partial charge < -0.3 is 15.1 Å². The van der Waals surface area contributed by atoms with Gasteiger partial charge in [0.25, 0.3) is 5.91 Å². The van der Waals surface area contributed by atoms with Gasteiger partial charge in [-0.3, -0.25) is 9.59 Å². The maximum absolute atomic E-state index is 12.5. The molecular formula is C18H19ClN4O2. The molecule has 1 N–H and O–H groups in total. The predicted octanol–water partition coefficient (Wildman–Crippen LogP) is 2.57. The van der Waals surface area contributed by atoms with Crippen molar-refractivity contribution in [3.05, 3.63) is 52.7 Å². The molecule has 3 rings (SSSR count). The van der Waals surface area contributed by atoms with Gasteiger partial charge in [0.05, 0.1) is 0 Å². The Hall–Kier alpha value is -2.60. The van der Waals surface area contributed by atoms with Gasteiger partial charge in [-0.1, -0.05) is 11.6 Å². The van der Waals surface area contributed by atoms with Crippen molar-refractivity contribution in [2.75, 3.05) is 36.4 Å². The van der Waals surface area contributed by atoms with Gasteiger partial charge >= 0.3 is 0 Å². The number of hydrogen-bond donors (Lipinski definition) is 1. The Balaban J connectivity index is 1.72. The number of rotatable bonds is 4. The van der Waals surface area contributed by atoms with E-state index in [2.05, 4.69) is 15.2 Å². The minimum absolute atomic E-state index is 0.194. The Morgan fingerprint density at radius 1 is 1.20 bits per heavy atom. The standard InChI is InChI=1S/C18H19ClN4O2/c1-13-10-15(19)2-3-16(13)21-18(25)14-4-5-20-17(11-14)23-8-6-22(12-24)7-9-23/h2-5,10-12H,6-9H2,1H3,(H,21,25). The molecule has 6 nitrogen and oxygen atoms in total. The van der Waals surface area contributed by atoms with Gasteiger partial charge in [0.15, 0.2) is 0 Å². The van der Waals surface area contributed by atoms with Gasteiger partial charge in [-0.05, 0) is 42.8 Å². The van der Waals surface area contributed by atoms with E-state index in [-0.39, 0.29) is 5.91 Å². The third-order valence-electron chi connectivity index (χ3n) is 4.23. The fraction of sp³-hybridized carbons (Fsp3) is 0.278. The van der Waals surface area contributed by atoms with Gasteiger partial charge in [-0.15, -0.1) is 0 Å². The summed E-state index contributed by atoms with van der Waals surface area (Å²) in [5.74, 6) is 0.548. The Morgan fingerprint density at radius 2 is 1.96 bits per heavy atom. The van der Waals surface area contributed by atoms with E-state index in [0.717, 1.165) is 23.5 Å². The number of halogens is 1. The summed E-state index contributed by atoms with van der Waals surface area (Å²) in [5.41, 5.74) is 2.17.